The third kappa shape index (κ3) is 6.15. The first-order chi connectivity index (χ1) is 20.5. The maximum Gasteiger partial charge on any atom is 0.445 e. The van der Waals surface area contributed by atoms with Crippen molar-refractivity contribution in [3.63, 3.8) is 0 Å². The third-order valence-electron chi connectivity index (χ3n) is 7.71. The maximum atomic E-state index is 13.5. The standard InChI is InChI=1S/C33H31F3N4O2S/c1-32(2,3)23-11-8-20(9-12-23)21-10-17-27-22(18-21)19-28(29(41)37-31-39-38-30(43-31)33(34,35)36)40(27)24-13-15-26(16-14-24)42-25-6-4-5-7-25/h8-19,25H,4-7H2,1-3H3,(H,37,39,41). The van der Waals surface area contributed by atoms with E-state index in [2.05, 4.69) is 60.6 Å². The number of nitrogens with one attached hydrogen (secondary N) is 1. The molecule has 1 N–H and O–H groups in total. The van der Waals surface area contributed by atoms with Gasteiger partial charge in [-0.05, 0) is 90.3 Å². The summed E-state index contributed by atoms with van der Waals surface area (Å²) in [5.41, 5.74) is 5.03. The number of hydrogen-bond donors (Lipinski definition) is 1. The highest BCUT2D eigenvalue weighted by Gasteiger charge is 2.36. The van der Waals surface area contributed by atoms with Crippen molar-refractivity contribution >= 4 is 33.3 Å². The lowest BCUT2D eigenvalue weighted by Crippen LogP contribution is -2.16. The first kappa shape index (κ1) is 28.9. The van der Waals surface area contributed by atoms with E-state index < -0.39 is 17.1 Å². The van der Waals surface area contributed by atoms with Crippen molar-refractivity contribution in [1.29, 1.82) is 0 Å². The van der Waals surface area contributed by atoms with Gasteiger partial charge in [0.25, 0.3) is 5.91 Å². The molecule has 5 aromatic rings. The molecule has 3 aromatic carbocycles. The number of nitrogens with zero attached hydrogens (tertiary/aromatic N) is 3. The van der Waals surface area contributed by atoms with Gasteiger partial charge in [-0.25, -0.2) is 0 Å². The van der Waals surface area contributed by atoms with Gasteiger partial charge in [-0.1, -0.05) is 62.4 Å². The minimum absolute atomic E-state index is 0.0352. The van der Waals surface area contributed by atoms with Gasteiger partial charge >= 0.3 is 6.18 Å². The number of rotatable bonds is 6. The normalized spacial score (nSPS) is 14.4. The van der Waals surface area contributed by atoms with Crippen LogP contribution in [0.3, 0.4) is 0 Å². The van der Waals surface area contributed by atoms with Gasteiger partial charge < -0.3 is 9.30 Å². The Morgan fingerprint density at radius 1 is 0.907 bits per heavy atom. The summed E-state index contributed by atoms with van der Waals surface area (Å²) in [6.07, 6.45) is -0.0195. The monoisotopic (exact) mass is 604 g/mol. The van der Waals surface area contributed by atoms with Crippen LogP contribution in [0.25, 0.3) is 27.7 Å². The van der Waals surface area contributed by atoms with E-state index in [1.165, 1.54) is 18.4 Å². The zero-order valence-electron chi connectivity index (χ0n) is 24.0. The molecule has 0 unspecified atom stereocenters. The predicted octanol–water partition coefficient (Wildman–Crippen LogP) is 9.04. The Bertz CT molecular complexity index is 1760. The van der Waals surface area contributed by atoms with Crippen molar-refractivity contribution in [3.8, 4) is 22.6 Å². The van der Waals surface area contributed by atoms with E-state index in [1.807, 2.05) is 42.5 Å². The fourth-order valence-electron chi connectivity index (χ4n) is 5.42. The van der Waals surface area contributed by atoms with Crippen LogP contribution in [0.1, 0.15) is 67.5 Å². The molecule has 1 saturated carbocycles. The molecule has 222 valence electrons. The summed E-state index contributed by atoms with van der Waals surface area (Å²) < 4.78 is 47.2. The number of hydrogen-bond acceptors (Lipinski definition) is 5. The Balaban J connectivity index is 1.37. The highest BCUT2D eigenvalue weighted by molar-refractivity contribution is 7.15. The lowest BCUT2D eigenvalue weighted by atomic mass is 9.86. The van der Waals surface area contributed by atoms with Crippen LogP contribution in [0, 0.1) is 0 Å². The first-order valence-electron chi connectivity index (χ1n) is 14.2. The number of benzene rings is 3. The number of fused-ring (bicyclic) bond motifs is 1. The number of carbonyl (C=O) groups is 1. The van der Waals surface area contributed by atoms with E-state index in [-0.39, 0.29) is 33.7 Å². The number of aromatic nitrogens is 3. The molecule has 43 heavy (non-hydrogen) atoms. The molecule has 2 heterocycles. The van der Waals surface area contributed by atoms with E-state index in [1.54, 1.807) is 10.6 Å². The van der Waals surface area contributed by atoms with Gasteiger partial charge in [0.05, 0.1) is 11.6 Å². The zero-order chi connectivity index (χ0) is 30.4. The highest BCUT2D eigenvalue weighted by Crippen LogP contribution is 2.35. The van der Waals surface area contributed by atoms with Gasteiger partial charge in [-0.3, -0.25) is 10.1 Å². The second kappa shape index (κ2) is 11.1. The molecule has 0 radical (unpaired) electrons. The van der Waals surface area contributed by atoms with E-state index in [9.17, 15) is 18.0 Å². The number of halogens is 3. The van der Waals surface area contributed by atoms with Gasteiger partial charge in [0, 0.05) is 11.1 Å². The van der Waals surface area contributed by atoms with Crippen molar-refractivity contribution in [2.45, 2.75) is 64.1 Å². The summed E-state index contributed by atoms with van der Waals surface area (Å²) in [6, 6.07) is 23.7. The molecule has 0 aliphatic heterocycles. The quantitative estimate of drug-likeness (QED) is 0.210. The molecule has 0 atom stereocenters. The van der Waals surface area contributed by atoms with Crippen LogP contribution in [0.5, 0.6) is 5.75 Å². The van der Waals surface area contributed by atoms with Crippen molar-refractivity contribution < 1.29 is 22.7 Å². The van der Waals surface area contributed by atoms with E-state index in [4.69, 9.17) is 4.74 Å². The molecule has 0 bridgehead atoms. The molecule has 6 rings (SSSR count). The largest absolute Gasteiger partial charge is 0.490 e. The molecular weight excluding hydrogens is 573 g/mol. The van der Waals surface area contributed by atoms with Gasteiger partial charge in [0.2, 0.25) is 10.1 Å². The van der Waals surface area contributed by atoms with Gasteiger partial charge in [-0.15, -0.1) is 10.2 Å². The molecule has 6 nitrogen and oxygen atoms in total. The lowest BCUT2D eigenvalue weighted by Gasteiger charge is -2.19. The van der Waals surface area contributed by atoms with Gasteiger partial charge in [0.1, 0.15) is 11.4 Å². The fourth-order valence-corrected chi connectivity index (χ4v) is 6.03. The molecule has 10 heteroatoms. The highest BCUT2D eigenvalue weighted by atomic mass is 32.1. The molecule has 2 aromatic heterocycles. The summed E-state index contributed by atoms with van der Waals surface area (Å²) in [4.78, 5) is 13.5. The molecule has 0 spiro atoms. The second-order valence-electron chi connectivity index (χ2n) is 11.8. The molecule has 1 amide bonds. The number of anilines is 1. The number of alkyl halides is 3. The van der Waals surface area contributed by atoms with Crippen molar-refractivity contribution in [2.75, 3.05) is 5.32 Å². The Morgan fingerprint density at radius 3 is 2.21 bits per heavy atom. The smallest absolute Gasteiger partial charge is 0.445 e. The number of carbonyl (C=O) groups excluding carboxylic acids is 1. The molecule has 0 saturated heterocycles. The second-order valence-corrected chi connectivity index (χ2v) is 12.8. The van der Waals surface area contributed by atoms with E-state index >= 15 is 0 Å². The molecular formula is C33H31F3N4O2S. The zero-order valence-corrected chi connectivity index (χ0v) is 24.9. The van der Waals surface area contributed by atoms with Gasteiger partial charge in [-0.2, -0.15) is 13.2 Å². The van der Waals surface area contributed by atoms with Crippen LogP contribution in [0.2, 0.25) is 0 Å². The Hall–Kier alpha value is -4.18. The van der Waals surface area contributed by atoms with Crippen molar-refractivity contribution in [1.82, 2.24) is 14.8 Å². The van der Waals surface area contributed by atoms with Gasteiger partial charge in [0.15, 0.2) is 0 Å². The minimum Gasteiger partial charge on any atom is -0.490 e. The van der Waals surface area contributed by atoms with Crippen LogP contribution in [-0.2, 0) is 11.6 Å². The van der Waals surface area contributed by atoms with Crippen LogP contribution >= 0.6 is 11.3 Å². The summed E-state index contributed by atoms with van der Waals surface area (Å²) in [6.45, 7) is 6.51. The molecule has 1 fully saturated rings. The third-order valence-corrected chi connectivity index (χ3v) is 8.59. The van der Waals surface area contributed by atoms with E-state index in [0.717, 1.165) is 46.3 Å². The van der Waals surface area contributed by atoms with Crippen molar-refractivity contribution in [3.05, 3.63) is 89.1 Å². The number of amides is 1. The average Bonchev–Trinajstić information content (AvgIpc) is 3.73. The summed E-state index contributed by atoms with van der Waals surface area (Å²) in [5, 5.41) is 8.68. The lowest BCUT2D eigenvalue weighted by molar-refractivity contribution is -0.138. The van der Waals surface area contributed by atoms with Crippen molar-refractivity contribution in [2.24, 2.45) is 0 Å². The Kier molecular flexibility index (Phi) is 7.50. The molecule has 1 aliphatic carbocycles. The predicted molar refractivity (Wildman–Crippen MR) is 163 cm³/mol. The fraction of sp³-hybridized carbons (Fsp3) is 0.303. The average molecular weight is 605 g/mol. The molecule has 1 aliphatic rings. The SMILES string of the molecule is CC(C)(C)c1ccc(-c2ccc3c(c2)cc(C(=O)Nc2nnc(C(F)(F)F)s2)n3-c2ccc(OC3CCCC3)cc2)cc1. The maximum absolute atomic E-state index is 13.5. The first-order valence-corrected chi connectivity index (χ1v) is 15.0. The van der Waals surface area contributed by atoms with Crippen LogP contribution in [-0.4, -0.2) is 26.8 Å². The Labute approximate surface area is 251 Å². The van der Waals surface area contributed by atoms with Crippen LogP contribution in [0.4, 0.5) is 18.3 Å². The van der Waals surface area contributed by atoms with Crippen LogP contribution < -0.4 is 10.1 Å². The summed E-state index contributed by atoms with van der Waals surface area (Å²) in [7, 11) is 0. The number of ether oxygens (including phenoxy) is 1. The summed E-state index contributed by atoms with van der Waals surface area (Å²) >= 11 is 0.286. The Morgan fingerprint density at radius 2 is 1.58 bits per heavy atom. The summed E-state index contributed by atoms with van der Waals surface area (Å²) in [5.74, 6) is 0.163. The minimum atomic E-state index is -4.64. The van der Waals surface area contributed by atoms with Crippen LogP contribution in [0.15, 0.2) is 72.8 Å². The topological polar surface area (TPSA) is 69.0 Å². The van der Waals surface area contributed by atoms with E-state index in [0.29, 0.717) is 0 Å².